The molecule has 0 saturated carbocycles. The van der Waals surface area contributed by atoms with Crippen molar-refractivity contribution in [3.63, 3.8) is 0 Å². The van der Waals surface area contributed by atoms with Crippen molar-refractivity contribution >= 4 is 5.91 Å². The van der Waals surface area contributed by atoms with Crippen molar-refractivity contribution in [1.29, 1.82) is 0 Å². The van der Waals surface area contributed by atoms with Gasteiger partial charge in [0.25, 0.3) is 0 Å². The lowest BCUT2D eigenvalue weighted by atomic mass is 10.1. The van der Waals surface area contributed by atoms with Crippen molar-refractivity contribution in [2.45, 2.75) is 32.6 Å². The van der Waals surface area contributed by atoms with Crippen LogP contribution in [0.4, 0.5) is 0 Å². The van der Waals surface area contributed by atoms with Crippen LogP contribution < -0.4 is 9.47 Å². The Bertz CT molecular complexity index is 1050. The molecule has 1 amide bonds. The number of nitrogens with zero attached hydrogens (tertiary/aromatic N) is 3. The molecule has 0 spiro atoms. The first kappa shape index (κ1) is 20.9. The summed E-state index contributed by atoms with van der Waals surface area (Å²) in [5.41, 5.74) is 3.24. The Labute approximate surface area is 182 Å². The first-order valence-corrected chi connectivity index (χ1v) is 10.6. The van der Waals surface area contributed by atoms with E-state index in [9.17, 15) is 4.79 Å². The van der Waals surface area contributed by atoms with Gasteiger partial charge in [-0.25, -0.2) is 0 Å². The molecule has 1 saturated heterocycles. The van der Waals surface area contributed by atoms with Gasteiger partial charge in [0.05, 0.1) is 19.6 Å². The molecule has 0 bridgehead atoms. The number of methoxy groups -OCH3 is 1. The minimum absolute atomic E-state index is 0.0867. The normalized spacial score (nSPS) is 16.0. The summed E-state index contributed by atoms with van der Waals surface area (Å²) < 4.78 is 16.5. The highest BCUT2D eigenvalue weighted by Crippen LogP contribution is 2.33. The lowest BCUT2D eigenvalue weighted by Gasteiger charge is -2.15. The molecule has 2 aromatic carbocycles. The van der Waals surface area contributed by atoms with Crippen LogP contribution in [0.2, 0.25) is 0 Å². The average molecular weight is 421 g/mol. The van der Waals surface area contributed by atoms with Gasteiger partial charge in [-0.3, -0.25) is 4.79 Å². The summed E-state index contributed by atoms with van der Waals surface area (Å²) in [5, 5.41) is 4.12. The Morgan fingerprint density at radius 1 is 1.16 bits per heavy atom. The molecular weight excluding hydrogens is 394 g/mol. The van der Waals surface area contributed by atoms with E-state index in [-0.39, 0.29) is 11.8 Å². The molecule has 0 N–H and O–H groups in total. The van der Waals surface area contributed by atoms with Gasteiger partial charge < -0.3 is 18.9 Å². The Hall–Kier alpha value is -3.35. The zero-order chi connectivity index (χ0) is 21.8. The summed E-state index contributed by atoms with van der Waals surface area (Å²) in [6.45, 7) is 5.83. The summed E-state index contributed by atoms with van der Waals surface area (Å²) >= 11 is 0. The minimum Gasteiger partial charge on any atom is -0.493 e. The zero-order valence-corrected chi connectivity index (χ0v) is 18.1. The highest BCUT2D eigenvalue weighted by Gasteiger charge is 2.34. The molecule has 7 nitrogen and oxygen atoms in total. The fourth-order valence-corrected chi connectivity index (χ4v) is 3.77. The van der Waals surface area contributed by atoms with E-state index in [1.54, 1.807) is 7.11 Å². The average Bonchev–Trinajstić information content (AvgIpc) is 3.41. The number of rotatable bonds is 8. The molecule has 1 aliphatic rings. The minimum atomic E-state index is -0.0867. The topological polar surface area (TPSA) is 77.7 Å². The highest BCUT2D eigenvalue weighted by atomic mass is 16.5. The van der Waals surface area contributed by atoms with Crippen LogP contribution in [-0.2, 0) is 11.2 Å². The van der Waals surface area contributed by atoms with Crippen LogP contribution in [0.1, 0.15) is 36.3 Å². The maximum Gasteiger partial charge on any atom is 0.232 e. The monoisotopic (exact) mass is 421 g/mol. The summed E-state index contributed by atoms with van der Waals surface area (Å²) in [5.74, 6) is 2.29. The van der Waals surface area contributed by atoms with Gasteiger partial charge in [0.15, 0.2) is 11.5 Å². The van der Waals surface area contributed by atoms with Gasteiger partial charge in [0, 0.05) is 25.1 Å². The first-order chi connectivity index (χ1) is 15.1. The van der Waals surface area contributed by atoms with E-state index in [2.05, 4.69) is 41.3 Å². The summed E-state index contributed by atoms with van der Waals surface area (Å²) in [6.07, 6.45) is 1.22. The second kappa shape index (κ2) is 9.20. The molecule has 7 heteroatoms. The molecule has 1 aliphatic heterocycles. The lowest BCUT2D eigenvalue weighted by molar-refractivity contribution is -0.127. The van der Waals surface area contributed by atoms with Crippen LogP contribution in [-0.4, -0.2) is 47.8 Å². The molecule has 1 aromatic heterocycles. The highest BCUT2D eigenvalue weighted by molar-refractivity contribution is 5.79. The number of aromatic nitrogens is 2. The Morgan fingerprint density at radius 2 is 1.97 bits per heavy atom. The number of amides is 1. The second-order valence-electron chi connectivity index (χ2n) is 7.73. The van der Waals surface area contributed by atoms with Gasteiger partial charge in [-0.05, 0) is 44.0 Å². The maximum absolute atomic E-state index is 12.5. The molecule has 3 aromatic rings. The number of ether oxygens (including phenoxy) is 2. The molecule has 0 aliphatic carbocycles. The molecule has 0 radical (unpaired) electrons. The zero-order valence-electron chi connectivity index (χ0n) is 18.1. The summed E-state index contributed by atoms with van der Waals surface area (Å²) in [4.78, 5) is 18.9. The van der Waals surface area contributed by atoms with Gasteiger partial charge in [-0.15, -0.1) is 0 Å². The largest absolute Gasteiger partial charge is 0.493 e. The molecule has 2 heterocycles. The lowest BCUT2D eigenvalue weighted by Crippen LogP contribution is -2.27. The molecule has 4 rings (SSSR count). The second-order valence-corrected chi connectivity index (χ2v) is 7.73. The van der Waals surface area contributed by atoms with E-state index in [0.717, 1.165) is 12.0 Å². The third-order valence-corrected chi connectivity index (χ3v) is 5.52. The molecular formula is C24H27N3O4. The Kier molecular flexibility index (Phi) is 6.21. The number of likely N-dealkylation sites (tertiary alicyclic amines) is 1. The maximum atomic E-state index is 12.5. The fourth-order valence-electron chi connectivity index (χ4n) is 3.77. The third-order valence-electron chi connectivity index (χ3n) is 5.52. The van der Waals surface area contributed by atoms with Crippen molar-refractivity contribution < 1.29 is 18.8 Å². The number of carbonyl (C=O) groups is 1. The van der Waals surface area contributed by atoms with E-state index >= 15 is 0 Å². The van der Waals surface area contributed by atoms with Crippen molar-refractivity contribution in [1.82, 2.24) is 15.0 Å². The van der Waals surface area contributed by atoms with Crippen LogP contribution in [0, 0.1) is 6.92 Å². The Balaban J connectivity index is 1.42. The number of benzene rings is 2. The van der Waals surface area contributed by atoms with Crippen LogP contribution in [0.3, 0.4) is 0 Å². The summed E-state index contributed by atoms with van der Waals surface area (Å²) in [6, 6.07) is 14.0. The van der Waals surface area contributed by atoms with Gasteiger partial charge >= 0.3 is 0 Å². The van der Waals surface area contributed by atoms with Crippen LogP contribution in [0.25, 0.3) is 11.4 Å². The van der Waals surface area contributed by atoms with Gasteiger partial charge in [0.2, 0.25) is 17.6 Å². The van der Waals surface area contributed by atoms with E-state index in [0.29, 0.717) is 49.3 Å². The fraction of sp³-hybridized carbons (Fsp3) is 0.375. The smallest absolute Gasteiger partial charge is 0.232 e. The van der Waals surface area contributed by atoms with Gasteiger partial charge in [-0.2, -0.15) is 4.98 Å². The van der Waals surface area contributed by atoms with Crippen molar-refractivity contribution in [2.75, 3.05) is 26.8 Å². The number of carbonyl (C=O) groups excluding carboxylic acids is 1. The Morgan fingerprint density at radius 3 is 2.71 bits per heavy atom. The third kappa shape index (κ3) is 4.71. The van der Waals surface area contributed by atoms with Crippen LogP contribution >= 0.6 is 0 Å². The number of hydrogen-bond acceptors (Lipinski definition) is 6. The van der Waals surface area contributed by atoms with Crippen molar-refractivity contribution in [2.24, 2.45) is 0 Å². The van der Waals surface area contributed by atoms with E-state index < -0.39 is 0 Å². The van der Waals surface area contributed by atoms with Crippen molar-refractivity contribution in [3.05, 3.63) is 59.5 Å². The predicted molar refractivity (Wildman–Crippen MR) is 116 cm³/mol. The molecule has 1 unspecified atom stereocenters. The SMILES string of the molecule is CCOc1ccc(-c2noc(C3CC(=O)N(CCc4ccc(C)cc4)C3)n2)cc1OC. The first-order valence-electron chi connectivity index (χ1n) is 10.6. The standard InChI is InChI=1S/C24H27N3O4/c1-4-30-20-10-9-18(13-21(20)29-3)23-25-24(31-26-23)19-14-22(28)27(15-19)12-11-17-7-5-16(2)6-8-17/h5-10,13,19H,4,11-12,14-15H2,1-3H3. The van der Waals surface area contributed by atoms with Crippen LogP contribution in [0.5, 0.6) is 11.5 Å². The number of aryl methyl sites for hydroxylation is 1. The van der Waals surface area contributed by atoms with Crippen molar-refractivity contribution in [3.8, 4) is 22.9 Å². The quantitative estimate of drug-likeness (QED) is 0.547. The predicted octanol–water partition coefficient (Wildman–Crippen LogP) is 4.01. The van der Waals surface area contributed by atoms with E-state index in [1.165, 1.54) is 11.1 Å². The van der Waals surface area contributed by atoms with Gasteiger partial charge in [-0.1, -0.05) is 35.0 Å². The van der Waals surface area contributed by atoms with E-state index in [1.807, 2.05) is 30.0 Å². The molecule has 31 heavy (non-hydrogen) atoms. The summed E-state index contributed by atoms with van der Waals surface area (Å²) in [7, 11) is 1.60. The van der Waals surface area contributed by atoms with Gasteiger partial charge in [0.1, 0.15) is 0 Å². The number of hydrogen-bond donors (Lipinski definition) is 0. The molecule has 1 atom stereocenters. The molecule has 162 valence electrons. The van der Waals surface area contributed by atoms with E-state index in [4.69, 9.17) is 14.0 Å². The molecule has 1 fully saturated rings. The van der Waals surface area contributed by atoms with Crippen LogP contribution in [0.15, 0.2) is 47.0 Å².